The van der Waals surface area contributed by atoms with Crippen molar-refractivity contribution in [3.63, 3.8) is 0 Å². The van der Waals surface area contributed by atoms with Crippen molar-refractivity contribution in [1.82, 2.24) is 10.6 Å². The van der Waals surface area contributed by atoms with E-state index in [1.807, 2.05) is 27.7 Å². The Hall–Kier alpha value is -2.96. The second-order valence-corrected chi connectivity index (χ2v) is 15.1. The molecule has 49 heavy (non-hydrogen) atoms. The van der Waals surface area contributed by atoms with Gasteiger partial charge in [-0.3, -0.25) is 19.2 Å². The van der Waals surface area contributed by atoms with Gasteiger partial charge in [-0.15, -0.1) is 0 Å². The monoisotopic (exact) mass is 766 g/mol. The van der Waals surface area contributed by atoms with Crippen LogP contribution in [0, 0.1) is 29.6 Å². The van der Waals surface area contributed by atoms with Crippen LogP contribution >= 0.6 is 15.9 Å². The molecule has 0 rings (SSSR count). The van der Waals surface area contributed by atoms with Crippen molar-refractivity contribution in [3.05, 3.63) is 23.8 Å². The van der Waals surface area contributed by atoms with Gasteiger partial charge in [0.1, 0.15) is 40.2 Å². The summed E-state index contributed by atoms with van der Waals surface area (Å²) < 4.78 is 36.6. The maximum Gasteiger partial charge on any atom is 0.407 e. The van der Waals surface area contributed by atoms with E-state index in [0.717, 1.165) is 6.08 Å². The molecule has 0 spiro atoms. The van der Waals surface area contributed by atoms with Crippen molar-refractivity contribution >= 4 is 51.2 Å². The number of ether oxygens (including phenoxy) is 2. The quantitative estimate of drug-likeness (QED) is 0.125. The number of alkyl carbamates (subject to hydrolysis) is 2. The summed E-state index contributed by atoms with van der Waals surface area (Å²) in [5.74, 6) is -3.06. The van der Waals surface area contributed by atoms with Crippen LogP contribution in [-0.4, -0.2) is 64.9 Å². The smallest absolute Gasteiger partial charge is 0.407 e. The summed E-state index contributed by atoms with van der Waals surface area (Å²) in [6.45, 7) is 24.5. The number of ketones is 4. The Kier molecular flexibility index (Phi) is 25.8. The molecule has 2 amide bonds. The van der Waals surface area contributed by atoms with Crippen molar-refractivity contribution in [2.75, 3.05) is 18.4 Å². The molecule has 0 saturated heterocycles. The zero-order chi connectivity index (χ0) is 39.3. The third-order valence-corrected chi connectivity index (χ3v) is 6.46. The minimum absolute atomic E-state index is 0.0160. The highest BCUT2D eigenvalue weighted by Gasteiger charge is 2.31. The Morgan fingerprint density at radius 1 is 0.612 bits per heavy atom. The van der Waals surface area contributed by atoms with Crippen LogP contribution in [0.25, 0.3) is 0 Å². The van der Waals surface area contributed by atoms with Crippen molar-refractivity contribution in [2.24, 2.45) is 29.6 Å². The number of amides is 2. The van der Waals surface area contributed by atoms with E-state index in [1.165, 1.54) is 6.08 Å². The van der Waals surface area contributed by atoms with Gasteiger partial charge in [0.05, 0.1) is 23.5 Å². The molecule has 0 atom stereocenters. The molecule has 0 heterocycles. The topological polar surface area (TPSA) is 145 Å². The average Bonchev–Trinajstić information content (AvgIpc) is 2.93. The fourth-order valence-corrected chi connectivity index (χ4v) is 3.41. The van der Waals surface area contributed by atoms with Crippen molar-refractivity contribution in [3.8, 4) is 0 Å². The molecule has 0 saturated carbocycles. The fourth-order valence-electron chi connectivity index (χ4n) is 3.18. The second kappa shape index (κ2) is 25.1. The van der Waals surface area contributed by atoms with Gasteiger partial charge in [0.2, 0.25) is 0 Å². The molecule has 0 fully saturated rings. The van der Waals surface area contributed by atoms with E-state index in [1.54, 1.807) is 69.2 Å². The first-order valence-corrected chi connectivity index (χ1v) is 17.6. The summed E-state index contributed by atoms with van der Waals surface area (Å²) in [5.41, 5.74) is -1.16. The Balaban J connectivity index is -0.000000715. The lowest BCUT2D eigenvalue weighted by molar-refractivity contribution is -0.136. The predicted octanol–water partition coefficient (Wildman–Crippen LogP) is 8.41. The molecule has 284 valence electrons. The van der Waals surface area contributed by atoms with Crippen LogP contribution in [0.4, 0.5) is 18.4 Å². The van der Waals surface area contributed by atoms with Crippen molar-refractivity contribution in [1.29, 1.82) is 0 Å². The van der Waals surface area contributed by atoms with Crippen LogP contribution in [-0.2, 0) is 28.7 Å². The molecule has 0 aromatic rings. The van der Waals surface area contributed by atoms with Gasteiger partial charge in [-0.05, 0) is 53.7 Å². The zero-order valence-corrected chi connectivity index (χ0v) is 33.6. The average molecular weight is 768 g/mol. The second-order valence-electron chi connectivity index (χ2n) is 14.5. The molecular weight excluding hydrogens is 706 g/mol. The zero-order valence-electron chi connectivity index (χ0n) is 32.0. The van der Waals surface area contributed by atoms with Crippen LogP contribution < -0.4 is 10.6 Å². The van der Waals surface area contributed by atoms with E-state index < -0.39 is 35.1 Å². The van der Waals surface area contributed by atoms with Gasteiger partial charge in [0.15, 0.2) is 0 Å². The minimum Gasteiger partial charge on any atom is -0.444 e. The Bertz CT molecular complexity index is 1100. The first-order chi connectivity index (χ1) is 22.1. The number of carbonyl (C=O) groups excluding carboxylic acids is 6. The molecule has 0 radical (unpaired) electrons. The van der Waals surface area contributed by atoms with Crippen molar-refractivity contribution < 1.29 is 47.0 Å². The van der Waals surface area contributed by atoms with Gasteiger partial charge in [0.25, 0.3) is 0 Å². The lowest BCUT2D eigenvalue weighted by Gasteiger charge is -2.19. The molecule has 0 aliphatic carbocycles. The molecule has 0 aliphatic heterocycles. The summed E-state index contributed by atoms with van der Waals surface area (Å²) in [5, 5.41) is 4.96. The first kappa shape index (κ1) is 50.4. The number of halogens is 3. The predicted molar refractivity (Wildman–Crippen MR) is 193 cm³/mol. The van der Waals surface area contributed by atoms with Gasteiger partial charge >= 0.3 is 12.2 Å². The van der Waals surface area contributed by atoms with E-state index >= 15 is 0 Å². The Morgan fingerprint density at radius 2 is 0.939 bits per heavy atom. The normalized spacial score (nSPS) is 12.2. The molecule has 2 N–H and O–H groups in total. The molecule has 0 bridgehead atoms. The van der Waals surface area contributed by atoms with Gasteiger partial charge in [-0.25, -0.2) is 18.4 Å². The first-order valence-electron chi connectivity index (χ1n) is 16.5. The van der Waals surface area contributed by atoms with Gasteiger partial charge in [-0.1, -0.05) is 71.3 Å². The van der Waals surface area contributed by atoms with E-state index in [0.29, 0.717) is 0 Å². The summed E-state index contributed by atoms with van der Waals surface area (Å²) in [4.78, 5) is 68.9. The van der Waals surface area contributed by atoms with Crippen LogP contribution in [0.15, 0.2) is 23.8 Å². The fraction of sp³-hybridized carbons (Fsp3) is 0.722. The maximum absolute atomic E-state index is 14.1. The molecular formula is C36H61BrF2N2O8. The number of alkyl halides is 1. The standard InChI is InChI=1S/C18H30FNO4.C9H15BrFNO2.C9H16O2/c1-11(2)15(21)14(16(22)12(3)4)10-13(19)8-9-20-17(23)24-18(5,6)7;1-9(2,3)14-8(13)12-5-4-7(11)6-10;1-6(2)8(10)5-9(11)7(3)4/h8,11-12,14H,9-10H2,1-7H3,(H,20,23);4H,5-6H2,1-3H3,(H,12,13);6-7H,5H2,1-4H3/b13-8-;7-4-;. The largest absolute Gasteiger partial charge is 0.444 e. The number of rotatable bonds is 15. The number of hydrogen-bond acceptors (Lipinski definition) is 8. The highest BCUT2D eigenvalue weighted by Crippen LogP contribution is 2.22. The molecule has 0 unspecified atom stereocenters. The molecule has 10 nitrogen and oxygen atoms in total. The Morgan fingerprint density at radius 3 is 1.20 bits per heavy atom. The lowest BCUT2D eigenvalue weighted by atomic mass is 9.84. The van der Waals surface area contributed by atoms with Gasteiger partial charge in [-0.2, -0.15) is 0 Å². The van der Waals surface area contributed by atoms with Crippen LogP contribution in [0.2, 0.25) is 0 Å². The maximum atomic E-state index is 14.1. The van der Waals surface area contributed by atoms with Crippen LogP contribution in [0.3, 0.4) is 0 Å². The SMILES string of the molecule is CC(C)(C)OC(=O)NC/C=C(\F)CBr.CC(C)C(=O)C(C/C(F)=C/CNC(=O)OC(C)(C)C)C(=O)C(C)C.CC(C)C(=O)CC(=O)C(C)C. The third kappa shape index (κ3) is 29.7. The van der Waals surface area contributed by atoms with E-state index in [9.17, 15) is 37.5 Å². The lowest BCUT2D eigenvalue weighted by Crippen LogP contribution is -2.33. The third-order valence-electron chi connectivity index (χ3n) is 5.93. The van der Waals surface area contributed by atoms with E-state index in [-0.39, 0.29) is 83.9 Å². The van der Waals surface area contributed by atoms with Gasteiger partial charge < -0.3 is 20.1 Å². The minimum atomic E-state index is -0.984. The van der Waals surface area contributed by atoms with Crippen LogP contribution in [0.5, 0.6) is 0 Å². The molecule has 13 heteroatoms. The summed E-state index contributed by atoms with van der Waals surface area (Å²) >= 11 is 2.94. The number of carbonyl (C=O) groups is 6. The summed E-state index contributed by atoms with van der Waals surface area (Å²) in [6, 6.07) is 0. The highest BCUT2D eigenvalue weighted by molar-refractivity contribution is 9.09. The summed E-state index contributed by atoms with van der Waals surface area (Å²) in [6.07, 6.45) is 1.06. The number of Topliss-reactive ketones (excluding diaryl/α,β-unsaturated/α-hetero) is 4. The number of hydrogen-bond donors (Lipinski definition) is 2. The van der Waals surface area contributed by atoms with Crippen LogP contribution in [0.1, 0.15) is 110 Å². The van der Waals surface area contributed by atoms with E-state index in [4.69, 9.17) is 9.47 Å². The van der Waals surface area contributed by atoms with Crippen molar-refractivity contribution in [2.45, 2.75) is 121 Å². The van der Waals surface area contributed by atoms with Gasteiger partial charge in [0, 0.05) is 43.2 Å². The van der Waals surface area contributed by atoms with E-state index in [2.05, 4.69) is 26.6 Å². The molecule has 0 aromatic carbocycles. The highest BCUT2D eigenvalue weighted by atomic mass is 79.9. The number of nitrogens with one attached hydrogen (secondary N) is 2. The molecule has 0 aromatic heterocycles. The summed E-state index contributed by atoms with van der Waals surface area (Å²) in [7, 11) is 0. The molecule has 0 aliphatic rings. The Labute approximate surface area is 301 Å². The number of allylic oxidation sites excluding steroid dienone is 2.